The summed E-state index contributed by atoms with van der Waals surface area (Å²) in [5, 5.41) is 6.27. The van der Waals surface area contributed by atoms with Crippen molar-refractivity contribution in [2.75, 3.05) is 0 Å². The molecule has 2 aromatic carbocycles. The van der Waals surface area contributed by atoms with Crippen molar-refractivity contribution in [3.8, 4) is 0 Å². The summed E-state index contributed by atoms with van der Waals surface area (Å²) in [7, 11) is 0. The van der Waals surface area contributed by atoms with Crippen molar-refractivity contribution in [2.45, 2.75) is 57.5 Å². The Kier molecular flexibility index (Phi) is 6.28. The molecule has 1 unspecified atom stereocenters. The van der Waals surface area contributed by atoms with Gasteiger partial charge in [0.05, 0.1) is 0 Å². The van der Waals surface area contributed by atoms with Crippen molar-refractivity contribution in [3.05, 3.63) is 71.3 Å². The second kappa shape index (κ2) is 9.25. The van der Waals surface area contributed by atoms with Gasteiger partial charge in [0.15, 0.2) is 0 Å². The maximum absolute atomic E-state index is 12.7. The summed E-state index contributed by atoms with van der Waals surface area (Å²) in [5.74, 6) is 0.921. The van der Waals surface area contributed by atoms with Crippen molar-refractivity contribution in [2.24, 2.45) is 11.8 Å². The Morgan fingerprint density at radius 1 is 0.862 bits per heavy atom. The summed E-state index contributed by atoms with van der Waals surface area (Å²) in [6.07, 6.45) is 7.60. The summed E-state index contributed by atoms with van der Waals surface area (Å²) < 4.78 is 0. The monoisotopic (exact) mass is 390 g/mol. The maximum atomic E-state index is 12.7. The number of carbonyl (C=O) groups is 2. The molecule has 0 radical (unpaired) electrons. The summed E-state index contributed by atoms with van der Waals surface area (Å²) in [4.78, 5) is 24.9. The minimum absolute atomic E-state index is 0.0145. The molecule has 0 heterocycles. The number of amides is 2. The van der Waals surface area contributed by atoms with E-state index in [0.29, 0.717) is 18.0 Å². The SMILES string of the molecule is O=C(NC(Cc1ccccc1)C1CC1)c1ccc(CNC(=O)C2CCCC2)cc1. The zero-order chi connectivity index (χ0) is 20.1. The molecule has 2 aromatic rings. The number of carbonyl (C=O) groups excluding carboxylic acids is 2. The van der Waals surface area contributed by atoms with Crippen LogP contribution in [0, 0.1) is 11.8 Å². The van der Waals surface area contributed by atoms with E-state index >= 15 is 0 Å². The molecule has 152 valence electrons. The van der Waals surface area contributed by atoms with Gasteiger partial charge in [-0.3, -0.25) is 9.59 Å². The van der Waals surface area contributed by atoms with Crippen LogP contribution in [0.3, 0.4) is 0 Å². The molecular formula is C25H30N2O2. The highest BCUT2D eigenvalue weighted by Crippen LogP contribution is 2.34. The van der Waals surface area contributed by atoms with E-state index in [4.69, 9.17) is 0 Å². The molecule has 0 aromatic heterocycles. The van der Waals surface area contributed by atoms with E-state index in [2.05, 4.69) is 22.8 Å². The zero-order valence-electron chi connectivity index (χ0n) is 16.9. The van der Waals surface area contributed by atoms with Crippen LogP contribution >= 0.6 is 0 Å². The molecule has 2 amide bonds. The van der Waals surface area contributed by atoms with E-state index in [-0.39, 0.29) is 23.8 Å². The lowest BCUT2D eigenvalue weighted by atomic mass is 10.0. The molecule has 2 aliphatic rings. The molecule has 2 saturated carbocycles. The normalized spacial score (nSPS) is 17.7. The van der Waals surface area contributed by atoms with Crippen LogP contribution in [0.5, 0.6) is 0 Å². The van der Waals surface area contributed by atoms with Crippen molar-refractivity contribution in [1.82, 2.24) is 10.6 Å². The second-order valence-electron chi connectivity index (χ2n) is 8.50. The number of rotatable bonds is 8. The smallest absolute Gasteiger partial charge is 0.251 e. The van der Waals surface area contributed by atoms with Crippen LogP contribution in [-0.4, -0.2) is 17.9 Å². The maximum Gasteiger partial charge on any atom is 0.251 e. The Balaban J connectivity index is 1.30. The van der Waals surface area contributed by atoms with Gasteiger partial charge in [-0.05, 0) is 61.3 Å². The van der Waals surface area contributed by atoms with E-state index in [1.165, 1.54) is 18.4 Å². The average Bonchev–Trinajstić information content (AvgIpc) is 3.46. The summed E-state index contributed by atoms with van der Waals surface area (Å²) in [6.45, 7) is 0.524. The summed E-state index contributed by atoms with van der Waals surface area (Å²) in [5.41, 5.74) is 2.96. The van der Waals surface area contributed by atoms with E-state index in [1.54, 1.807) is 0 Å². The minimum atomic E-state index is -0.0145. The highest BCUT2D eigenvalue weighted by atomic mass is 16.2. The van der Waals surface area contributed by atoms with Gasteiger partial charge in [0.1, 0.15) is 0 Å². The van der Waals surface area contributed by atoms with E-state index < -0.39 is 0 Å². The standard InChI is InChI=1S/C25H30N2O2/c28-24(21-8-4-5-9-21)26-17-19-10-12-22(13-11-19)25(29)27-23(20-14-15-20)16-18-6-2-1-3-7-18/h1-3,6-7,10-13,20-21,23H,4-5,8-9,14-17H2,(H,26,28)(H,27,29). The van der Waals surface area contributed by atoms with Crippen LogP contribution in [0.4, 0.5) is 0 Å². The van der Waals surface area contributed by atoms with E-state index in [9.17, 15) is 9.59 Å². The van der Waals surface area contributed by atoms with Crippen LogP contribution in [-0.2, 0) is 17.8 Å². The highest BCUT2D eigenvalue weighted by molar-refractivity contribution is 5.94. The number of nitrogens with one attached hydrogen (secondary N) is 2. The fraction of sp³-hybridized carbons (Fsp3) is 0.440. The van der Waals surface area contributed by atoms with Gasteiger partial charge < -0.3 is 10.6 Å². The fourth-order valence-corrected chi connectivity index (χ4v) is 4.25. The molecule has 4 heteroatoms. The Morgan fingerprint density at radius 3 is 2.21 bits per heavy atom. The second-order valence-corrected chi connectivity index (χ2v) is 8.50. The van der Waals surface area contributed by atoms with Crippen LogP contribution in [0.1, 0.15) is 60.0 Å². The molecule has 0 bridgehead atoms. The first-order valence-corrected chi connectivity index (χ1v) is 10.9. The highest BCUT2D eigenvalue weighted by Gasteiger charge is 2.32. The molecule has 0 spiro atoms. The largest absolute Gasteiger partial charge is 0.352 e. The van der Waals surface area contributed by atoms with Crippen LogP contribution in [0.2, 0.25) is 0 Å². The van der Waals surface area contributed by atoms with Crippen molar-refractivity contribution in [3.63, 3.8) is 0 Å². The Bertz CT molecular complexity index is 822. The minimum Gasteiger partial charge on any atom is -0.352 e. The summed E-state index contributed by atoms with van der Waals surface area (Å²) in [6, 6.07) is 18.1. The van der Waals surface area contributed by atoms with Crippen LogP contribution < -0.4 is 10.6 Å². The third-order valence-electron chi connectivity index (χ3n) is 6.21. The van der Waals surface area contributed by atoms with E-state index in [0.717, 1.165) is 37.7 Å². The summed E-state index contributed by atoms with van der Waals surface area (Å²) >= 11 is 0. The molecule has 0 aliphatic heterocycles. The van der Waals surface area contributed by atoms with Gasteiger partial charge in [-0.25, -0.2) is 0 Å². The lowest BCUT2D eigenvalue weighted by Gasteiger charge is -2.19. The lowest BCUT2D eigenvalue weighted by molar-refractivity contribution is -0.124. The first-order valence-electron chi connectivity index (χ1n) is 10.9. The Morgan fingerprint density at radius 2 is 1.55 bits per heavy atom. The average molecular weight is 391 g/mol. The molecule has 2 aliphatic carbocycles. The quantitative estimate of drug-likeness (QED) is 0.708. The van der Waals surface area contributed by atoms with Crippen LogP contribution in [0.15, 0.2) is 54.6 Å². The van der Waals surface area contributed by atoms with Crippen molar-refractivity contribution >= 4 is 11.8 Å². The van der Waals surface area contributed by atoms with Crippen LogP contribution in [0.25, 0.3) is 0 Å². The van der Waals surface area contributed by atoms with Crippen molar-refractivity contribution in [1.29, 1.82) is 0 Å². The predicted octanol–water partition coefficient (Wildman–Crippen LogP) is 4.24. The number of hydrogen-bond donors (Lipinski definition) is 2. The molecular weight excluding hydrogens is 360 g/mol. The van der Waals surface area contributed by atoms with Gasteiger partial charge in [0.2, 0.25) is 5.91 Å². The number of hydrogen-bond acceptors (Lipinski definition) is 2. The van der Waals surface area contributed by atoms with Gasteiger partial charge in [-0.1, -0.05) is 55.3 Å². The molecule has 4 rings (SSSR count). The number of benzene rings is 2. The van der Waals surface area contributed by atoms with Gasteiger partial charge in [-0.2, -0.15) is 0 Å². The third-order valence-corrected chi connectivity index (χ3v) is 6.21. The molecule has 0 saturated heterocycles. The molecule has 1 atom stereocenters. The molecule has 2 fully saturated rings. The fourth-order valence-electron chi connectivity index (χ4n) is 4.25. The molecule has 2 N–H and O–H groups in total. The molecule has 29 heavy (non-hydrogen) atoms. The van der Waals surface area contributed by atoms with Gasteiger partial charge >= 0.3 is 0 Å². The predicted molar refractivity (Wildman–Crippen MR) is 114 cm³/mol. The lowest BCUT2D eigenvalue weighted by Crippen LogP contribution is -2.38. The topological polar surface area (TPSA) is 58.2 Å². The first-order chi connectivity index (χ1) is 14.2. The Labute approximate surface area is 173 Å². The molecule has 4 nitrogen and oxygen atoms in total. The van der Waals surface area contributed by atoms with Gasteiger partial charge in [0, 0.05) is 24.1 Å². The zero-order valence-corrected chi connectivity index (χ0v) is 16.9. The van der Waals surface area contributed by atoms with Gasteiger partial charge in [-0.15, -0.1) is 0 Å². The first kappa shape index (κ1) is 19.7. The van der Waals surface area contributed by atoms with Crippen molar-refractivity contribution < 1.29 is 9.59 Å². The van der Waals surface area contributed by atoms with Gasteiger partial charge in [0.25, 0.3) is 5.91 Å². The van der Waals surface area contributed by atoms with E-state index in [1.807, 2.05) is 42.5 Å². The Hall–Kier alpha value is -2.62. The third kappa shape index (κ3) is 5.47.